The molecular weight excluding hydrogens is 260 g/mol. The maximum absolute atomic E-state index is 12.3. The van der Waals surface area contributed by atoms with E-state index in [-0.39, 0.29) is 23.4 Å². The van der Waals surface area contributed by atoms with E-state index in [0.717, 1.165) is 18.5 Å². The van der Waals surface area contributed by atoms with Crippen LogP contribution in [0.25, 0.3) is 0 Å². The Morgan fingerprint density at radius 2 is 1.71 bits per heavy atom. The van der Waals surface area contributed by atoms with Crippen LogP contribution in [0.4, 0.5) is 5.69 Å². The topological polar surface area (TPSA) is 41.1 Å². The average molecular weight is 290 g/mol. The molecule has 1 unspecified atom stereocenters. The van der Waals surface area contributed by atoms with E-state index in [0.29, 0.717) is 0 Å². The van der Waals surface area contributed by atoms with Crippen LogP contribution in [0.2, 0.25) is 0 Å². The van der Waals surface area contributed by atoms with Gasteiger partial charge in [0.25, 0.3) is 0 Å². The summed E-state index contributed by atoms with van der Waals surface area (Å²) in [7, 11) is 0. The molecule has 118 valence electrons. The third-order valence-corrected chi connectivity index (χ3v) is 3.83. The van der Waals surface area contributed by atoms with Gasteiger partial charge in [0, 0.05) is 11.7 Å². The van der Waals surface area contributed by atoms with Crippen molar-refractivity contribution in [1.82, 2.24) is 5.32 Å². The summed E-state index contributed by atoms with van der Waals surface area (Å²) in [5.41, 5.74) is 2.32. The first-order valence-corrected chi connectivity index (χ1v) is 7.96. The highest BCUT2D eigenvalue weighted by Gasteiger charge is 2.21. The van der Waals surface area contributed by atoms with Crippen LogP contribution < -0.4 is 10.6 Å². The highest BCUT2D eigenvalue weighted by Crippen LogP contribution is 2.29. The summed E-state index contributed by atoms with van der Waals surface area (Å²) in [5, 5.41) is 6.45. The smallest absolute Gasteiger partial charge is 0.242 e. The van der Waals surface area contributed by atoms with Crippen LogP contribution in [0.5, 0.6) is 0 Å². The van der Waals surface area contributed by atoms with E-state index in [9.17, 15) is 4.79 Å². The van der Waals surface area contributed by atoms with Gasteiger partial charge in [0.15, 0.2) is 0 Å². The van der Waals surface area contributed by atoms with Crippen molar-refractivity contribution in [2.45, 2.75) is 71.9 Å². The van der Waals surface area contributed by atoms with Crippen molar-refractivity contribution < 1.29 is 4.79 Å². The minimum Gasteiger partial charge on any atom is -0.374 e. The van der Waals surface area contributed by atoms with Crippen molar-refractivity contribution in [2.24, 2.45) is 0 Å². The maximum atomic E-state index is 12.3. The number of carbonyl (C=O) groups excluding carboxylic acids is 1. The van der Waals surface area contributed by atoms with Gasteiger partial charge in [-0.05, 0) is 36.8 Å². The third kappa shape index (κ3) is 5.07. The molecule has 0 heterocycles. The van der Waals surface area contributed by atoms with E-state index >= 15 is 0 Å². The lowest BCUT2D eigenvalue weighted by molar-refractivity contribution is -0.122. The molecule has 3 nitrogen and oxygen atoms in total. The number of carbonyl (C=O) groups is 1. The van der Waals surface area contributed by atoms with Crippen molar-refractivity contribution in [3.63, 3.8) is 0 Å². The predicted molar refractivity (Wildman–Crippen MR) is 90.7 cm³/mol. The Kier molecular flexibility index (Phi) is 6.25. The zero-order valence-electron chi connectivity index (χ0n) is 14.3. The number of hydrogen-bond acceptors (Lipinski definition) is 2. The van der Waals surface area contributed by atoms with E-state index in [1.165, 1.54) is 5.56 Å². The SMILES string of the molecule is CCC(CC)NC(=O)C(C)Nc1ccccc1C(C)(C)C. The summed E-state index contributed by atoms with van der Waals surface area (Å²) in [6.07, 6.45) is 1.93. The number of benzene rings is 1. The van der Waals surface area contributed by atoms with E-state index in [4.69, 9.17) is 0 Å². The van der Waals surface area contributed by atoms with Gasteiger partial charge in [-0.3, -0.25) is 4.79 Å². The minimum atomic E-state index is -0.242. The van der Waals surface area contributed by atoms with E-state index in [2.05, 4.69) is 51.3 Å². The van der Waals surface area contributed by atoms with Crippen LogP contribution >= 0.6 is 0 Å². The molecule has 21 heavy (non-hydrogen) atoms. The van der Waals surface area contributed by atoms with Gasteiger partial charge in [-0.15, -0.1) is 0 Å². The Hall–Kier alpha value is -1.51. The first kappa shape index (κ1) is 17.5. The molecule has 2 N–H and O–H groups in total. The molecule has 0 aromatic heterocycles. The van der Waals surface area contributed by atoms with Gasteiger partial charge in [0.1, 0.15) is 6.04 Å². The fourth-order valence-electron chi connectivity index (χ4n) is 2.38. The monoisotopic (exact) mass is 290 g/mol. The Balaban J connectivity index is 2.80. The van der Waals surface area contributed by atoms with Gasteiger partial charge < -0.3 is 10.6 Å². The van der Waals surface area contributed by atoms with Gasteiger partial charge >= 0.3 is 0 Å². The molecule has 0 radical (unpaired) electrons. The zero-order valence-corrected chi connectivity index (χ0v) is 14.3. The molecule has 0 spiro atoms. The first-order chi connectivity index (χ1) is 9.79. The highest BCUT2D eigenvalue weighted by molar-refractivity contribution is 5.84. The minimum absolute atomic E-state index is 0.0508. The summed E-state index contributed by atoms with van der Waals surface area (Å²) in [4.78, 5) is 12.3. The standard InChI is InChI=1S/C18H30N2O/c1-7-14(8-2)20-17(21)13(3)19-16-12-10-9-11-15(16)18(4,5)6/h9-14,19H,7-8H2,1-6H3,(H,20,21). The molecule has 0 aliphatic carbocycles. The number of nitrogens with one attached hydrogen (secondary N) is 2. The molecule has 0 saturated carbocycles. The van der Waals surface area contributed by atoms with Crippen molar-refractivity contribution in [2.75, 3.05) is 5.32 Å². The van der Waals surface area contributed by atoms with Gasteiger partial charge in [-0.2, -0.15) is 0 Å². The van der Waals surface area contributed by atoms with Crippen molar-refractivity contribution in [3.05, 3.63) is 29.8 Å². The summed E-state index contributed by atoms with van der Waals surface area (Å²) in [6, 6.07) is 8.23. The van der Waals surface area contributed by atoms with Gasteiger partial charge in [0.2, 0.25) is 5.91 Å². The van der Waals surface area contributed by atoms with Crippen molar-refractivity contribution in [1.29, 1.82) is 0 Å². The second-order valence-electron chi connectivity index (χ2n) is 6.68. The molecule has 3 heteroatoms. The average Bonchev–Trinajstić information content (AvgIpc) is 2.43. The molecule has 1 rings (SSSR count). The predicted octanol–water partition coefficient (Wildman–Crippen LogP) is 4.09. The molecule has 0 fully saturated rings. The molecule has 1 aromatic carbocycles. The summed E-state index contributed by atoms with van der Waals surface area (Å²) in [5.74, 6) is 0.0624. The lowest BCUT2D eigenvalue weighted by Crippen LogP contribution is -2.43. The molecule has 1 atom stereocenters. The van der Waals surface area contributed by atoms with E-state index in [1.54, 1.807) is 0 Å². The second kappa shape index (κ2) is 7.48. The highest BCUT2D eigenvalue weighted by atomic mass is 16.2. The van der Waals surface area contributed by atoms with Crippen LogP contribution in [0.3, 0.4) is 0 Å². The quantitative estimate of drug-likeness (QED) is 0.828. The van der Waals surface area contributed by atoms with Gasteiger partial charge in [-0.1, -0.05) is 52.8 Å². The summed E-state index contributed by atoms with van der Waals surface area (Å²) >= 11 is 0. The number of rotatable bonds is 6. The Morgan fingerprint density at radius 1 is 1.14 bits per heavy atom. The van der Waals surface area contributed by atoms with Crippen LogP contribution in [0.1, 0.15) is 59.9 Å². The number of amides is 1. The van der Waals surface area contributed by atoms with Crippen molar-refractivity contribution >= 4 is 11.6 Å². The van der Waals surface area contributed by atoms with E-state index < -0.39 is 0 Å². The lowest BCUT2D eigenvalue weighted by Gasteiger charge is -2.26. The largest absolute Gasteiger partial charge is 0.374 e. The molecule has 1 aromatic rings. The number of anilines is 1. The second-order valence-corrected chi connectivity index (χ2v) is 6.68. The molecular formula is C18H30N2O. The van der Waals surface area contributed by atoms with Crippen LogP contribution in [-0.2, 0) is 10.2 Å². The molecule has 0 aliphatic rings. The van der Waals surface area contributed by atoms with Crippen molar-refractivity contribution in [3.8, 4) is 0 Å². The summed E-state index contributed by atoms with van der Waals surface area (Å²) < 4.78 is 0. The van der Waals surface area contributed by atoms with Crippen LogP contribution in [0, 0.1) is 0 Å². The number of para-hydroxylation sites is 1. The fourth-order valence-corrected chi connectivity index (χ4v) is 2.38. The Labute approximate surface area is 129 Å². The Morgan fingerprint density at radius 3 is 2.24 bits per heavy atom. The zero-order chi connectivity index (χ0) is 16.0. The molecule has 0 saturated heterocycles. The van der Waals surface area contributed by atoms with E-state index in [1.807, 2.05) is 25.1 Å². The number of hydrogen-bond donors (Lipinski definition) is 2. The molecule has 1 amide bonds. The fraction of sp³-hybridized carbons (Fsp3) is 0.611. The van der Waals surface area contributed by atoms with Gasteiger partial charge in [0.05, 0.1) is 0 Å². The van der Waals surface area contributed by atoms with Gasteiger partial charge in [-0.25, -0.2) is 0 Å². The molecule has 0 aliphatic heterocycles. The maximum Gasteiger partial charge on any atom is 0.242 e. The van der Waals surface area contributed by atoms with Crippen LogP contribution in [-0.4, -0.2) is 18.0 Å². The first-order valence-electron chi connectivity index (χ1n) is 7.96. The summed E-state index contributed by atoms with van der Waals surface area (Å²) in [6.45, 7) is 12.7. The third-order valence-electron chi connectivity index (χ3n) is 3.83. The lowest BCUT2D eigenvalue weighted by atomic mass is 9.85. The van der Waals surface area contributed by atoms with Crippen LogP contribution in [0.15, 0.2) is 24.3 Å². The normalized spacial score (nSPS) is 13.1. The molecule has 0 bridgehead atoms. The Bertz CT molecular complexity index is 459.